The second-order valence-electron chi connectivity index (χ2n) is 1.67. The smallest absolute Gasteiger partial charge is 0.0925 e. The second-order valence-corrected chi connectivity index (χ2v) is 1.67. The molecule has 0 aromatic heterocycles. The Morgan fingerprint density at radius 2 is 2.12 bits per heavy atom. The van der Waals surface area contributed by atoms with Crippen LogP contribution in [0.5, 0.6) is 0 Å². The summed E-state index contributed by atoms with van der Waals surface area (Å²) >= 11 is 0. The molecule has 0 fully saturated rings. The average Bonchev–Trinajstić information content (AvgIpc) is 1.67. The minimum Gasteiger partial charge on any atom is -0.391 e. The zero-order valence-corrected chi connectivity index (χ0v) is 4.70. The monoisotopic (exact) mass is 115 g/mol. The number of hydrogen-bond acceptors (Lipinski definition) is 3. The first kappa shape index (κ1) is 7.41. The highest BCUT2D eigenvalue weighted by molar-refractivity contribution is 4.77. The van der Waals surface area contributed by atoms with Gasteiger partial charge in [-0.15, -0.1) is 0 Å². The molecule has 0 aliphatic heterocycles. The van der Waals surface area contributed by atoms with Gasteiger partial charge >= 0.3 is 0 Å². The maximum atomic E-state index is 8.65. The lowest BCUT2D eigenvalue weighted by Crippen LogP contribution is -2.21. The molecule has 0 rings (SSSR count). The third-order valence-electron chi connectivity index (χ3n) is 0.857. The molecule has 0 radical (unpaired) electrons. The SMILES string of the molecule is C[C@@H](O)[C@H](O)CC#N. The third kappa shape index (κ3) is 2.56. The van der Waals surface area contributed by atoms with Crippen LogP contribution in [0.2, 0.25) is 0 Å². The minimum atomic E-state index is -0.889. The molecule has 0 heterocycles. The van der Waals surface area contributed by atoms with E-state index in [1.54, 1.807) is 6.07 Å². The van der Waals surface area contributed by atoms with Crippen molar-refractivity contribution < 1.29 is 10.2 Å². The van der Waals surface area contributed by atoms with Gasteiger partial charge in [0, 0.05) is 0 Å². The number of aliphatic hydroxyl groups excluding tert-OH is 2. The predicted octanol–water partition coefficient (Wildman–Crippen LogP) is -0.358. The topological polar surface area (TPSA) is 64.2 Å². The summed E-state index contributed by atoms with van der Waals surface area (Å²) in [6.45, 7) is 1.45. The number of rotatable bonds is 2. The van der Waals surface area contributed by atoms with E-state index < -0.39 is 12.2 Å². The van der Waals surface area contributed by atoms with Crippen molar-refractivity contribution in [1.29, 1.82) is 5.26 Å². The van der Waals surface area contributed by atoms with Crippen LogP contribution in [0.3, 0.4) is 0 Å². The van der Waals surface area contributed by atoms with Crippen LogP contribution in [0, 0.1) is 11.3 Å². The molecule has 0 saturated carbocycles. The molecule has 46 valence electrons. The van der Waals surface area contributed by atoms with Gasteiger partial charge in [-0.1, -0.05) is 0 Å². The number of nitrogens with zero attached hydrogens (tertiary/aromatic N) is 1. The number of hydrogen-bond donors (Lipinski definition) is 2. The van der Waals surface area contributed by atoms with Gasteiger partial charge in [0.2, 0.25) is 0 Å². The molecule has 8 heavy (non-hydrogen) atoms. The molecular formula is C5H9NO2. The number of aliphatic hydroxyl groups is 2. The van der Waals surface area contributed by atoms with E-state index in [1.165, 1.54) is 6.92 Å². The first-order valence-electron chi connectivity index (χ1n) is 2.41. The highest BCUT2D eigenvalue weighted by Crippen LogP contribution is 1.94. The zero-order chi connectivity index (χ0) is 6.57. The van der Waals surface area contributed by atoms with Crippen LogP contribution in [0.1, 0.15) is 13.3 Å². The Kier molecular flexibility index (Phi) is 3.16. The lowest BCUT2D eigenvalue weighted by Gasteiger charge is -2.07. The molecule has 3 heteroatoms. The maximum absolute atomic E-state index is 8.65. The Balaban J connectivity index is 3.35. The van der Waals surface area contributed by atoms with Crippen LogP contribution in [0.4, 0.5) is 0 Å². The summed E-state index contributed by atoms with van der Waals surface area (Å²) in [4.78, 5) is 0. The Bertz CT molecular complexity index is 95.1. The van der Waals surface area contributed by atoms with Gasteiger partial charge < -0.3 is 10.2 Å². The van der Waals surface area contributed by atoms with Crippen molar-refractivity contribution >= 4 is 0 Å². The summed E-state index contributed by atoms with van der Waals surface area (Å²) in [5.74, 6) is 0. The zero-order valence-electron chi connectivity index (χ0n) is 4.70. The first-order chi connectivity index (χ1) is 3.68. The average molecular weight is 115 g/mol. The molecule has 3 nitrogen and oxygen atoms in total. The highest BCUT2D eigenvalue weighted by atomic mass is 16.3. The van der Waals surface area contributed by atoms with E-state index in [0.29, 0.717) is 0 Å². The molecule has 0 saturated heterocycles. The normalized spacial score (nSPS) is 16.8. The van der Waals surface area contributed by atoms with Gasteiger partial charge in [0.15, 0.2) is 0 Å². The molecule has 0 amide bonds. The molecule has 0 spiro atoms. The molecule has 0 aromatic rings. The molecular weight excluding hydrogens is 106 g/mol. The van der Waals surface area contributed by atoms with E-state index in [-0.39, 0.29) is 6.42 Å². The molecule has 0 aliphatic carbocycles. The fourth-order valence-corrected chi connectivity index (χ4v) is 0.264. The predicted molar refractivity (Wildman–Crippen MR) is 27.9 cm³/mol. The standard InChI is InChI=1S/C5H9NO2/c1-4(7)5(8)2-3-6/h4-5,7-8H,2H2,1H3/t4-,5-/m1/s1. The maximum Gasteiger partial charge on any atom is 0.0925 e. The van der Waals surface area contributed by atoms with E-state index in [4.69, 9.17) is 15.5 Å². The van der Waals surface area contributed by atoms with Gasteiger partial charge in [-0.2, -0.15) is 5.26 Å². The Morgan fingerprint density at radius 3 is 2.25 bits per heavy atom. The molecule has 0 unspecified atom stereocenters. The largest absolute Gasteiger partial charge is 0.391 e. The van der Waals surface area contributed by atoms with E-state index in [9.17, 15) is 0 Å². The lowest BCUT2D eigenvalue weighted by atomic mass is 10.2. The van der Waals surface area contributed by atoms with E-state index in [0.717, 1.165) is 0 Å². The second kappa shape index (κ2) is 3.42. The van der Waals surface area contributed by atoms with Crippen LogP contribution >= 0.6 is 0 Å². The number of nitriles is 1. The molecule has 2 N–H and O–H groups in total. The Hall–Kier alpha value is -0.590. The Labute approximate surface area is 48.2 Å². The summed E-state index contributed by atoms with van der Waals surface area (Å²) in [5.41, 5.74) is 0. The summed E-state index contributed by atoms with van der Waals surface area (Å²) in [7, 11) is 0. The van der Waals surface area contributed by atoms with Crippen LogP contribution in [-0.2, 0) is 0 Å². The summed E-state index contributed by atoms with van der Waals surface area (Å²) < 4.78 is 0. The van der Waals surface area contributed by atoms with Crippen molar-refractivity contribution in [2.45, 2.75) is 25.6 Å². The van der Waals surface area contributed by atoms with Crippen molar-refractivity contribution in [3.05, 3.63) is 0 Å². The van der Waals surface area contributed by atoms with Gasteiger partial charge in [0.25, 0.3) is 0 Å². The summed E-state index contributed by atoms with van der Waals surface area (Å²) in [6, 6.07) is 1.74. The van der Waals surface area contributed by atoms with Crippen LogP contribution in [0.25, 0.3) is 0 Å². The van der Waals surface area contributed by atoms with E-state index in [2.05, 4.69) is 0 Å². The van der Waals surface area contributed by atoms with Crippen LogP contribution in [-0.4, -0.2) is 22.4 Å². The minimum absolute atomic E-state index is 0.00231. The summed E-state index contributed by atoms with van der Waals surface area (Å²) in [6.07, 6.45) is -1.69. The molecule has 0 aromatic carbocycles. The third-order valence-corrected chi connectivity index (χ3v) is 0.857. The van der Waals surface area contributed by atoms with Crippen molar-refractivity contribution in [1.82, 2.24) is 0 Å². The first-order valence-corrected chi connectivity index (χ1v) is 2.41. The fourth-order valence-electron chi connectivity index (χ4n) is 0.264. The fraction of sp³-hybridized carbons (Fsp3) is 0.800. The quantitative estimate of drug-likeness (QED) is 0.516. The summed E-state index contributed by atoms with van der Waals surface area (Å²) in [5, 5.41) is 25.2. The van der Waals surface area contributed by atoms with Gasteiger partial charge in [-0.25, -0.2) is 0 Å². The van der Waals surface area contributed by atoms with E-state index >= 15 is 0 Å². The highest BCUT2D eigenvalue weighted by Gasteiger charge is 2.08. The molecule has 0 aliphatic rings. The van der Waals surface area contributed by atoms with Gasteiger partial charge in [-0.05, 0) is 6.92 Å². The van der Waals surface area contributed by atoms with Gasteiger partial charge in [-0.3, -0.25) is 0 Å². The van der Waals surface area contributed by atoms with Crippen molar-refractivity contribution in [3.8, 4) is 6.07 Å². The van der Waals surface area contributed by atoms with Crippen LogP contribution in [0.15, 0.2) is 0 Å². The Morgan fingerprint density at radius 1 is 1.62 bits per heavy atom. The van der Waals surface area contributed by atoms with Gasteiger partial charge in [0.05, 0.1) is 24.7 Å². The molecule has 2 atom stereocenters. The van der Waals surface area contributed by atoms with Gasteiger partial charge in [0.1, 0.15) is 0 Å². The van der Waals surface area contributed by atoms with Crippen molar-refractivity contribution in [3.63, 3.8) is 0 Å². The van der Waals surface area contributed by atoms with E-state index in [1.807, 2.05) is 0 Å². The lowest BCUT2D eigenvalue weighted by molar-refractivity contribution is 0.0347. The molecule has 0 bridgehead atoms. The van der Waals surface area contributed by atoms with Crippen molar-refractivity contribution in [2.24, 2.45) is 0 Å². The van der Waals surface area contributed by atoms with Crippen molar-refractivity contribution in [2.75, 3.05) is 0 Å². The van der Waals surface area contributed by atoms with Crippen LogP contribution < -0.4 is 0 Å².